The summed E-state index contributed by atoms with van der Waals surface area (Å²) in [5.41, 5.74) is 3.58. The molecule has 6 heteroatoms. The molecule has 148 valence electrons. The molecule has 3 aromatic rings. The SMILES string of the molecule is CCOc1ccc(-c2cccc(C(=O)N3CCC(c4ccncc4)CC3)c2)nn1. The second-order valence-corrected chi connectivity index (χ2v) is 7.12. The number of amides is 1. The van der Waals surface area contributed by atoms with E-state index in [1.807, 2.05) is 54.5 Å². The molecule has 29 heavy (non-hydrogen) atoms. The summed E-state index contributed by atoms with van der Waals surface area (Å²) in [6.45, 7) is 3.98. The number of nitrogens with zero attached hydrogens (tertiary/aromatic N) is 4. The van der Waals surface area contributed by atoms with Crippen molar-refractivity contribution < 1.29 is 9.53 Å². The van der Waals surface area contributed by atoms with Crippen LogP contribution in [0.25, 0.3) is 11.3 Å². The van der Waals surface area contributed by atoms with Crippen molar-refractivity contribution in [2.24, 2.45) is 0 Å². The van der Waals surface area contributed by atoms with Crippen LogP contribution in [0.1, 0.15) is 41.6 Å². The Morgan fingerprint density at radius 3 is 2.55 bits per heavy atom. The van der Waals surface area contributed by atoms with Crippen LogP contribution in [0.4, 0.5) is 0 Å². The second-order valence-electron chi connectivity index (χ2n) is 7.12. The Balaban J connectivity index is 1.44. The van der Waals surface area contributed by atoms with Crippen LogP contribution in [-0.2, 0) is 0 Å². The molecular formula is C23H24N4O2. The smallest absolute Gasteiger partial charge is 0.253 e. The fourth-order valence-corrected chi connectivity index (χ4v) is 3.74. The minimum absolute atomic E-state index is 0.0684. The van der Waals surface area contributed by atoms with Gasteiger partial charge in [-0.1, -0.05) is 12.1 Å². The van der Waals surface area contributed by atoms with Gasteiger partial charge in [0.05, 0.1) is 12.3 Å². The minimum atomic E-state index is 0.0684. The number of hydrogen-bond donors (Lipinski definition) is 0. The van der Waals surface area contributed by atoms with E-state index < -0.39 is 0 Å². The first-order valence-electron chi connectivity index (χ1n) is 10.0. The molecule has 0 N–H and O–H groups in total. The summed E-state index contributed by atoms with van der Waals surface area (Å²) in [5.74, 6) is 1.06. The Morgan fingerprint density at radius 1 is 1.07 bits per heavy atom. The van der Waals surface area contributed by atoms with Gasteiger partial charge in [0.15, 0.2) is 0 Å². The van der Waals surface area contributed by atoms with Gasteiger partial charge in [-0.2, -0.15) is 0 Å². The molecule has 1 amide bonds. The van der Waals surface area contributed by atoms with Gasteiger partial charge < -0.3 is 9.64 Å². The fraction of sp³-hybridized carbons (Fsp3) is 0.304. The molecule has 6 nitrogen and oxygen atoms in total. The molecule has 0 bridgehead atoms. The van der Waals surface area contributed by atoms with E-state index in [0.29, 0.717) is 24.0 Å². The van der Waals surface area contributed by atoms with Crippen LogP contribution < -0.4 is 4.74 Å². The fourth-order valence-electron chi connectivity index (χ4n) is 3.74. The van der Waals surface area contributed by atoms with Gasteiger partial charge in [-0.05, 0) is 61.6 Å². The third kappa shape index (κ3) is 4.42. The van der Waals surface area contributed by atoms with Crippen molar-refractivity contribution in [1.82, 2.24) is 20.1 Å². The van der Waals surface area contributed by atoms with Crippen LogP contribution >= 0.6 is 0 Å². The zero-order valence-electron chi connectivity index (χ0n) is 16.5. The lowest BCUT2D eigenvalue weighted by atomic mass is 9.90. The minimum Gasteiger partial charge on any atom is -0.477 e. The number of pyridine rings is 1. The molecule has 1 aliphatic heterocycles. The molecule has 4 rings (SSSR count). The van der Waals surface area contributed by atoms with Crippen LogP contribution in [0, 0.1) is 0 Å². The van der Waals surface area contributed by atoms with Gasteiger partial charge in [0, 0.05) is 42.7 Å². The number of benzene rings is 1. The summed E-state index contributed by atoms with van der Waals surface area (Å²) in [6.07, 6.45) is 5.62. The summed E-state index contributed by atoms with van der Waals surface area (Å²) in [5, 5.41) is 8.29. The number of ether oxygens (including phenoxy) is 1. The van der Waals surface area contributed by atoms with Crippen molar-refractivity contribution in [2.45, 2.75) is 25.7 Å². The van der Waals surface area contributed by atoms with E-state index in [-0.39, 0.29) is 5.91 Å². The first-order valence-corrected chi connectivity index (χ1v) is 10.0. The number of carbonyl (C=O) groups is 1. The van der Waals surface area contributed by atoms with Crippen LogP contribution in [0.5, 0.6) is 5.88 Å². The molecule has 0 atom stereocenters. The van der Waals surface area contributed by atoms with Gasteiger partial charge in [0.1, 0.15) is 0 Å². The monoisotopic (exact) mass is 388 g/mol. The lowest BCUT2D eigenvalue weighted by Crippen LogP contribution is -2.37. The largest absolute Gasteiger partial charge is 0.477 e. The van der Waals surface area contributed by atoms with Crippen molar-refractivity contribution in [3.05, 3.63) is 72.1 Å². The van der Waals surface area contributed by atoms with Crippen LogP contribution in [0.15, 0.2) is 60.9 Å². The lowest BCUT2D eigenvalue weighted by molar-refractivity contribution is 0.0713. The van der Waals surface area contributed by atoms with Gasteiger partial charge in [0.2, 0.25) is 5.88 Å². The normalized spacial score (nSPS) is 14.6. The van der Waals surface area contributed by atoms with E-state index in [1.54, 1.807) is 6.07 Å². The van der Waals surface area contributed by atoms with Crippen molar-refractivity contribution >= 4 is 5.91 Å². The zero-order chi connectivity index (χ0) is 20.1. The molecule has 3 heterocycles. The highest BCUT2D eigenvalue weighted by Crippen LogP contribution is 2.28. The van der Waals surface area contributed by atoms with Crippen LogP contribution in [-0.4, -0.2) is 45.7 Å². The van der Waals surface area contributed by atoms with Crippen molar-refractivity contribution in [2.75, 3.05) is 19.7 Å². The maximum absolute atomic E-state index is 13.0. The summed E-state index contributed by atoms with van der Waals surface area (Å²) >= 11 is 0. The van der Waals surface area contributed by atoms with Crippen LogP contribution in [0.3, 0.4) is 0 Å². The average Bonchev–Trinajstić information content (AvgIpc) is 2.80. The first-order chi connectivity index (χ1) is 14.2. The zero-order valence-corrected chi connectivity index (χ0v) is 16.5. The van der Waals surface area contributed by atoms with Gasteiger partial charge in [-0.3, -0.25) is 9.78 Å². The van der Waals surface area contributed by atoms with Crippen molar-refractivity contribution in [3.63, 3.8) is 0 Å². The highest BCUT2D eigenvalue weighted by atomic mass is 16.5. The average molecular weight is 388 g/mol. The Morgan fingerprint density at radius 2 is 1.86 bits per heavy atom. The third-order valence-corrected chi connectivity index (χ3v) is 5.30. The van der Waals surface area contributed by atoms with E-state index in [4.69, 9.17) is 4.74 Å². The summed E-state index contributed by atoms with van der Waals surface area (Å²) in [4.78, 5) is 19.1. The Hall–Kier alpha value is -3.28. The topological polar surface area (TPSA) is 68.2 Å². The molecule has 0 aliphatic carbocycles. The van der Waals surface area contributed by atoms with Crippen molar-refractivity contribution in [1.29, 1.82) is 0 Å². The van der Waals surface area contributed by atoms with E-state index in [9.17, 15) is 4.79 Å². The maximum Gasteiger partial charge on any atom is 0.253 e. The van der Waals surface area contributed by atoms with Gasteiger partial charge in [-0.25, -0.2) is 0 Å². The van der Waals surface area contributed by atoms with E-state index in [1.165, 1.54) is 5.56 Å². The van der Waals surface area contributed by atoms with Crippen LogP contribution in [0.2, 0.25) is 0 Å². The number of carbonyl (C=O) groups excluding carboxylic acids is 1. The number of likely N-dealkylation sites (tertiary alicyclic amines) is 1. The molecule has 1 fully saturated rings. The molecule has 0 saturated carbocycles. The molecule has 1 aliphatic rings. The highest BCUT2D eigenvalue weighted by Gasteiger charge is 2.24. The summed E-state index contributed by atoms with van der Waals surface area (Å²) in [7, 11) is 0. The Labute approximate surface area is 170 Å². The van der Waals surface area contributed by atoms with Gasteiger partial charge >= 0.3 is 0 Å². The first kappa shape index (κ1) is 19.1. The molecule has 2 aromatic heterocycles. The standard InChI is InChI=1S/C23H24N4O2/c1-2-29-22-7-6-21(25-26-22)19-4-3-5-20(16-19)23(28)27-14-10-18(11-15-27)17-8-12-24-13-9-17/h3-9,12-13,16,18H,2,10-11,14-15H2,1H3. The molecule has 0 radical (unpaired) electrons. The van der Waals surface area contributed by atoms with E-state index in [2.05, 4.69) is 27.3 Å². The third-order valence-electron chi connectivity index (χ3n) is 5.30. The second kappa shape index (κ2) is 8.82. The molecule has 0 spiro atoms. The van der Waals surface area contributed by atoms with Gasteiger partial charge in [-0.15, -0.1) is 10.2 Å². The predicted molar refractivity (Wildman–Crippen MR) is 111 cm³/mol. The number of hydrogen-bond acceptors (Lipinski definition) is 5. The lowest BCUT2D eigenvalue weighted by Gasteiger charge is -2.32. The predicted octanol–water partition coefficient (Wildman–Crippen LogP) is 3.96. The summed E-state index contributed by atoms with van der Waals surface area (Å²) in [6, 6.07) is 15.4. The summed E-state index contributed by atoms with van der Waals surface area (Å²) < 4.78 is 5.34. The Bertz CT molecular complexity index is 952. The molecular weight excluding hydrogens is 364 g/mol. The highest BCUT2D eigenvalue weighted by molar-refractivity contribution is 5.95. The van der Waals surface area contributed by atoms with E-state index in [0.717, 1.165) is 37.2 Å². The molecule has 1 aromatic carbocycles. The maximum atomic E-state index is 13.0. The van der Waals surface area contributed by atoms with E-state index >= 15 is 0 Å². The Kier molecular flexibility index (Phi) is 5.79. The van der Waals surface area contributed by atoms with Gasteiger partial charge in [0.25, 0.3) is 5.91 Å². The molecule has 1 saturated heterocycles. The number of piperidine rings is 1. The molecule has 0 unspecified atom stereocenters. The number of aromatic nitrogens is 3. The quantitative estimate of drug-likeness (QED) is 0.662. The number of rotatable bonds is 5. The van der Waals surface area contributed by atoms with Crippen molar-refractivity contribution in [3.8, 4) is 17.1 Å².